The molecule has 0 bridgehead atoms. The molecule has 2 rings (SSSR count). The number of hydrogen-bond donors (Lipinski definition) is 0. The molecule has 0 aliphatic rings. The SMILES string of the molecule is CCCCCCCC/C=C/CCCCCCCCCc1cc[n+](CCCCCCc2ccccc2)cc1. The number of rotatable bonds is 24. The first-order chi connectivity index (χ1) is 18.4. The van der Waals surface area contributed by atoms with Gasteiger partial charge in [-0.3, -0.25) is 0 Å². The molecule has 206 valence electrons. The second kappa shape index (κ2) is 23.2. The Labute approximate surface area is 230 Å². The average molecular weight is 505 g/mol. The quantitative estimate of drug-likeness (QED) is 0.0760. The summed E-state index contributed by atoms with van der Waals surface area (Å²) in [5.41, 5.74) is 2.98. The monoisotopic (exact) mass is 504 g/mol. The Hall–Kier alpha value is -1.89. The second-order valence-electron chi connectivity index (χ2n) is 11.1. The summed E-state index contributed by atoms with van der Waals surface area (Å²) in [5, 5.41) is 0. The van der Waals surface area contributed by atoms with Crippen LogP contribution in [-0.2, 0) is 19.4 Å². The first kappa shape index (κ1) is 31.3. The van der Waals surface area contributed by atoms with Crippen molar-refractivity contribution in [3.63, 3.8) is 0 Å². The third kappa shape index (κ3) is 18.1. The lowest BCUT2D eigenvalue weighted by molar-refractivity contribution is -0.697. The number of aryl methyl sites for hydroxylation is 3. The van der Waals surface area contributed by atoms with Crippen LogP contribution in [0.2, 0.25) is 0 Å². The highest BCUT2D eigenvalue weighted by atomic mass is 14.9. The Balaban J connectivity index is 1.34. The lowest BCUT2D eigenvalue weighted by Crippen LogP contribution is -2.32. The number of nitrogens with zero attached hydrogens (tertiary/aromatic N) is 1. The van der Waals surface area contributed by atoms with Crippen LogP contribution >= 0.6 is 0 Å². The number of unbranched alkanes of at least 4 members (excludes halogenated alkanes) is 16. The van der Waals surface area contributed by atoms with Gasteiger partial charge in [-0.2, -0.15) is 0 Å². The molecular weight excluding hydrogens is 446 g/mol. The van der Waals surface area contributed by atoms with Crippen LogP contribution in [-0.4, -0.2) is 0 Å². The molecule has 0 saturated carbocycles. The molecule has 0 atom stereocenters. The molecule has 1 aromatic carbocycles. The van der Waals surface area contributed by atoms with Crippen molar-refractivity contribution in [3.8, 4) is 0 Å². The minimum atomic E-state index is 1.15. The molecule has 0 spiro atoms. The molecule has 1 heterocycles. The van der Waals surface area contributed by atoms with E-state index in [-0.39, 0.29) is 0 Å². The predicted molar refractivity (Wildman–Crippen MR) is 163 cm³/mol. The van der Waals surface area contributed by atoms with E-state index in [1.54, 1.807) is 0 Å². The standard InChI is InChI=1S/C36H58N/c1-2-3-4-5-6-7-8-9-10-11-12-13-14-15-16-17-21-29-36-30-33-37(34-31-36)32-25-19-18-22-26-35-27-23-20-24-28-35/h9-10,20,23-24,27-28,30-31,33-34H,2-8,11-19,21-22,25-26,29,32H2,1H3/q+1/b10-9+. The van der Waals surface area contributed by atoms with E-state index in [9.17, 15) is 0 Å². The van der Waals surface area contributed by atoms with E-state index in [1.165, 1.54) is 146 Å². The Morgan fingerprint density at radius 1 is 0.486 bits per heavy atom. The van der Waals surface area contributed by atoms with Gasteiger partial charge in [0.15, 0.2) is 12.4 Å². The lowest BCUT2D eigenvalue weighted by atomic mass is 10.0. The summed E-state index contributed by atoms with van der Waals surface area (Å²) in [6, 6.07) is 15.6. The molecule has 0 saturated heterocycles. The molecule has 1 aromatic heterocycles. The summed E-state index contributed by atoms with van der Waals surface area (Å²) in [4.78, 5) is 0. The van der Waals surface area contributed by atoms with E-state index in [4.69, 9.17) is 0 Å². The third-order valence-corrected chi connectivity index (χ3v) is 7.66. The molecule has 0 amide bonds. The molecule has 37 heavy (non-hydrogen) atoms. The van der Waals surface area contributed by atoms with Crippen LogP contribution in [0.4, 0.5) is 0 Å². The molecule has 0 aliphatic heterocycles. The molecule has 1 nitrogen and oxygen atoms in total. The third-order valence-electron chi connectivity index (χ3n) is 7.66. The lowest BCUT2D eigenvalue weighted by Gasteiger charge is -2.03. The molecule has 2 aromatic rings. The van der Waals surface area contributed by atoms with Crippen LogP contribution in [0.25, 0.3) is 0 Å². The fourth-order valence-electron chi connectivity index (χ4n) is 5.18. The van der Waals surface area contributed by atoms with E-state index < -0.39 is 0 Å². The Morgan fingerprint density at radius 2 is 0.946 bits per heavy atom. The number of benzene rings is 1. The van der Waals surface area contributed by atoms with Crippen LogP contribution in [0, 0.1) is 0 Å². The van der Waals surface area contributed by atoms with Gasteiger partial charge < -0.3 is 0 Å². The van der Waals surface area contributed by atoms with Crippen molar-refractivity contribution in [2.75, 3.05) is 0 Å². The summed E-state index contributed by atoms with van der Waals surface area (Å²) in [6.45, 7) is 3.44. The summed E-state index contributed by atoms with van der Waals surface area (Å²) >= 11 is 0. The first-order valence-electron chi connectivity index (χ1n) is 16.1. The number of aromatic nitrogens is 1. The summed E-state index contributed by atoms with van der Waals surface area (Å²) < 4.78 is 2.37. The Kier molecular flexibility index (Phi) is 19.7. The van der Waals surface area contributed by atoms with Crippen molar-refractivity contribution in [1.29, 1.82) is 0 Å². The maximum absolute atomic E-state index is 2.43. The molecule has 0 unspecified atom stereocenters. The van der Waals surface area contributed by atoms with Gasteiger partial charge in [0.2, 0.25) is 0 Å². The van der Waals surface area contributed by atoms with Gasteiger partial charge in [-0.05, 0) is 68.9 Å². The van der Waals surface area contributed by atoms with Gasteiger partial charge in [0, 0.05) is 18.6 Å². The fraction of sp³-hybridized carbons (Fsp3) is 0.639. The normalized spacial score (nSPS) is 11.5. The fourth-order valence-corrected chi connectivity index (χ4v) is 5.18. The Morgan fingerprint density at radius 3 is 1.51 bits per heavy atom. The van der Waals surface area contributed by atoms with Crippen LogP contribution < -0.4 is 4.57 Å². The zero-order chi connectivity index (χ0) is 26.1. The number of pyridine rings is 1. The topological polar surface area (TPSA) is 3.88 Å². The molecule has 0 fully saturated rings. The van der Waals surface area contributed by atoms with Gasteiger partial charge in [-0.15, -0.1) is 0 Å². The second-order valence-corrected chi connectivity index (χ2v) is 11.1. The van der Waals surface area contributed by atoms with E-state index in [2.05, 4.69) is 78.5 Å². The average Bonchev–Trinajstić information content (AvgIpc) is 2.93. The maximum atomic E-state index is 2.43. The van der Waals surface area contributed by atoms with Crippen LogP contribution in [0.1, 0.15) is 140 Å². The van der Waals surface area contributed by atoms with E-state index in [0.29, 0.717) is 0 Å². The maximum Gasteiger partial charge on any atom is 0.169 e. The van der Waals surface area contributed by atoms with Gasteiger partial charge in [0.1, 0.15) is 6.54 Å². The van der Waals surface area contributed by atoms with Crippen molar-refractivity contribution in [3.05, 3.63) is 78.1 Å². The smallest absolute Gasteiger partial charge is 0.169 e. The first-order valence-corrected chi connectivity index (χ1v) is 16.1. The van der Waals surface area contributed by atoms with Crippen molar-refractivity contribution in [1.82, 2.24) is 0 Å². The van der Waals surface area contributed by atoms with Gasteiger partial charge in [0.25, 0.3) is 0 Å². The zero-order valence-corrected chi connectivity index (χ0v) is 24.4. The minimum Gasteiger partial charge on any atom is -0.205 e. The summed E-state index contributed by atoms with van der Waals surface area (Å²) in [5.74, 6) is 0. The van der Waals surface area contributed by atoms with Crippen LogP contribution in [0.3, 0.4) is 0 Å². The molecule has 0 N–H and O–H groups in total. The van der Waals surface area contributed by atoms with Gasteiger partial charge >= 0.3 is 0 Å². The van der Waals surface area contributed by atoms with Gasteiger partial charge in [0.05, 0.1) is 0 Å². The molecule has 1 heteroatoms. The number of allylic oxidation sites excluding steroid dienone is 2. The predicted octanol–water partition coefficient (Wildman–Crippen LogP) is 10.7. The van der Waals surface area contributed by atoms with Crippen LogP contribution in [0.15, 0.2) is 67.0 Å². The molecule has 0 aliphatic carbocycles. The van der Waals surface area contributed by atoms with Crippen LogP contribution in [0.5, 0.6) is 0 Å². The molecule has 0 radical (unpaired) electrons. The van der Waals surface area contributed by atoms with E-state index in [0.717, 1.165) is 6.54 Å². The highest BCUT2D eigenvalue weighted by molar-refractivity contribution is 5.14. The van der Waals surface area contributed by atoms with Crippen molar-refractivity contribution >= 4 is 0 Å². The summed E-state index contributed by atoms with van der Waals surface area (Å²) in [7, 11) is 0. The van der Waals surface area contributed by atoms with E-state index >= 15 is 0 Å². The zero-order valence-electron chi connectivity index (χ0n) is 24.4. The largest absolute Gasteiger partial charge is 0.205 e. The van der Waals surface area contributed by atoms with E-state index in [1.807, 2.05) is 0 Å². The van der Waals surface area contributed by atoms with Gasteiger partial charge in [-0.1, -0.05) is 120 Å². The van der Waals surface area contributed by atoms with Crippen molar-refractivity contribution < 1.29 is 4.57 Å². The number of hydrogen-bond acceptors (Lipinski definition) is 0. The minimum absolute atomic E-state index is 1.15. The van der Waals surface area contributed by atoms with Crippen molar-refractivity contribution in [2.24, 2.45) is 0 Å². The Bertz CT molecular complexity index is 761. The highest BCUT2D eigenvalue weighted by Crippen LogP contribution is 2.12. The van der Waals surface area contributed by atoms with Gasteiger partial charge in [-0.25, -0.2) is 4.57 Å². The highest BCUT2D eigenvalue weighted by Gasteiger charge is 2.02. The van der Waals surface area contributed by atoms with Crippen molar-refractivity contribution in [2.45, 2.75) is 148 Å². The summed E-state index contributed by atoms with van der Waals surface area (Å²) in [6.07, 6.45) is 38.0. The molecular formula is C36H58N+.